The normalized spacial score (nSPS) is 17.4. The van der Waals surface area contributed by atoms with Gasteiger partial charge in [0, 0.05) is 11.1 Å². The van der Waals surface area contributed by atoms with E-state index in [4.69, 9.17) is 14.6 Å². The van der Waals surface area contributed by atoms with Crippen molar-refractivity contribution in [1.29, 1.82) is 0 Å². The van der Waals surface area contributed by atoms with E-state index in [1.807, 2.05) is 24.3 Å². The molecule has 2 rings (SSSR count). The van der Waals surface area contributed by atoms with Gasteiger partial charge in [-0.2, -0.15) is 0 Å². The molecule has 0 atom stereocenters. The summed E-state index contributed by atoms with van der Waals surface area (Å²) in [6.07, 6.45) is 1.34. The molecule has 1 fully saturated rings. The Bertz CT molecular complexity index is 427. The number of carboxylic acid groups (broad SMARTS) is 1. The highest BCUT2D eigenvalue weighted by Crippen LogP contribution is 2.23. The molecule has 0 saturated carbocycles. The molecule has 0 unspecified atom stereocenters. The lowest BCUT2D eigenvalue weighted by Gasteiger charge is -2.09. The fraction of sp³-hybridized carbons (Fsp3) is 0.308. The number of hydrogen-bond acceptors (Lipinski definition) is 3. The molecule has 1 N–H and O–H groups in total. The fourth-order valence-electron chi connectivity index (χ4n) is 1.61. The molecule has 0 aliphatic carbocycles. The SMILES string of the molecule is C/C(=C\c1ccc(C2OCCO2)cc1)C(=O)O. The molecule has 4 nitrogen and oxygen atoms in total. The van der Waals surface area contributed by atoms with Crippen LogP contribution in [0, 0.1) is 0 Å². The average molecular weight is 234 g/mol. The highest BCUT2D eigenvalue weighted by molar-refractivity contribution is 5.91. The van der Waals surface area contributed by atoms with Gasteiger partial charge in [0.2, 0.25) is 0 Å². The molecule has 1 aliphatic rings. The first-order chi connectivity index (χ1) is 8.16. The Morgan fingerprint density at radius 1 is 1.29 bits per heavy atom. The summed E-state index contributed by atoms with van der Waals surface area (Å²) in [5, 5.41) is 8.76. The lowest BCUT2D eigenvalue weighted by molar-refractivity contribution is -0.132. The van der Waals surface area contributed by atoms with E-state index in [0.717, 1.165) is 11.1 Å². The summed E-state index contributed by atoms with van der Waals surface area (Å²) in [4.78, 5) is 10.7. The van der Waals surface area contributed by atoms with Crippen LogP contribution >= 0.6 is 0 Å². The molecule has 0 spiro atoms. The highest BCUT2D eigenvalue weighted by Gasteiger charge is 2.17. The summed E-state index contributed by atoms with van der Waals surface area (Å²) >= 11 is 0. The van der Waals surface area contributed by atoms with Gasteiger partial charge in [0.15, 0.2) is 6.29 Å². The summed E-state index contributed by atoms with van der Waals surface area (Å²) in [5.74, 6) is -0.906. The monoisotopic (exact) mass is 234 g/mol. The topological polar surface area (TPSA) is 55.8 Å². The predicted molar refractivity (Wildman–Crippen MR) is 62.4 cm³/mol. The van der Waals surface area contributed by atoms with Crippen LogP contribution in [-0.2, 0) is 14.3 Å². The van der Waals surface area contributed by atoms with E-state index in [1.54, 1.807) is 13.0 Å². The second-order valence-electron chi connectivity index (χ2n) is 3.87. The zero-order valence-electron chi connectivity index (χ0n) is 9.55. The van der Waals surface area contributed by atoms with Crippen molar-refractivity contribution in [3.05, 3.63) is 41.0 Å². The van der Waals surface area contributed by atoms with Gasteiger partial charge >= 0.3 is 5.97 Å². The molecule has 4 heteroatoms. The Morgan fingerprint density at radius 2 is 1.88 bits per heavy atom. The molecule has 90 valence electrons. The average Bonchev–Trinajstić information content (AvgIpc) is 2.83. The number of hydrogen-bond donors (Lipinski definition) is 1. The Morgan fingerprint density at radius 3 is 2.41 bits per heavy atom. The lowest BCUT2D eigenvalue weighted by Crippen LogP contribution is -1.98. The van der Waals surface area contributed by atoms with E-state index in [0.29, 0.717) is 18.8 Å². The number of aliphatic carboxylic acids is 1. The minimum atomic E-state index is -0.906. The van der Waals surface area contributed by atoms with Crippen LogP contribution in [0.4, 0.5) is 0 Å². The van der Waals surface area contributed by atoms with Crippen molar-refractivity contribution >= 4 is 12.0 Å². The van der Waals surface area contributed by atoms with Gasteiger partial charge in [-0.05, 0) is 18.6 Å². The molecule has 1 saturated heterocycles. The smallest absolute Gasteiger partial charge is 0.331 e. The van der Waals surface area contributed by atoms with Gasteiger partial charge in [0.1, 0.15) is 0 Å². The first kappa shape index (κ1) is 11.8. The maximum absolute atomic E-state index is 10.7. The third-order valence-electron chi connectivity index (χ3n) is 2.55. The zero-order chi connectivity index (χ0) is 12.3. The maximum Gasteiger partial charge on any atom is 0.331 e. The molecule has 1 heterocycles. The van der Waals surface area contributed by atoms with Crippen molar-refractivity contribution in [2.75, 3.05) is 13.2 Å². The van der Waals surface area contributed by atoms with Crippen LogP contribution < -0.4 is 0 Å². The number of carboxylic acids is 1. The predicted octanol–water partition coefficient (Wildman–Crippen LogP) is 2.22. The molecular formula is C13H14O4. The number of carbonyl (C=O) groups is 1. The van der Waals surface area contributed by atoms with Crippen LogP contribution in [0.15, 0.2) is 29.8 Å². The first-order valence-corrected chi connectivity index (χ1v) is 5.41. The molecule has 0 bridgehead atoms. The van der Waals surface area contributed by atoms with Crippen molar-refractivity contribution in [3.8, 4) is 0 Å². The van der Waals surface area contributed by atoms with Gasteiger partial charge in [-0.25, -0.2) is 4.79 Å². The molecule has 1 aromatic carbocycles. The maximum atomic E-state index is 10.7. The standard InChI is InChI=1S/C13H14O4/c1-9(12(14)15)8-10-2-4-11(5-3-10)13-16-6-7-17-13/h2-5,8,13H,6-7H2,1H3,(H,14,15)/b9-8+. The van der Waals surface area contributed by atoms with E-state index in [-0.39, 0.29) is 6.29 Å². The van der Waals surface area contributed by atoms with Crippen LogP contribution in [0.1, 0.15) is 24.3 Å². The Labute approximate surface area is 99.5 Å². The summed E-state index contributed by atoms with van der Waals surface area (Å²) in [6.45, 7) is 2.80. The van der Waals surface area contributed by atoms with Crippen molar-refractivity contribution in [3.63, 3.8) is 0 Å². The van der Waals surface area contributed by atoms with E-state index >= 15 is 0 Å². The minimum Gasteiger partial charge on any atom is -0.478 e. The molecule has 0 aromatic heterocycles. The van der Waals surface area contributed by atoms with Gasteiger partial charge in [-0.3, -0.25) is 0 Å². The van der Waals surface area contributed by atoms with Gasteiger partial charge in [-0.1, -0.05) is 24.3 Å². The summed E-state index contributed by atoms with van der Waals surface area (Å²) < 4.78 is 10.7. The summed E-state index contributed by atoms with van der Waals surface area (Å²) in [5.41, 5.74) is 2.12. The van der Waals surface area contributed by atoms with E-state index in [2.05, 4.69) is 0 Å². The van der Waals surface area contributed by atoms with Gasteiger partial charge in [0.25, 0.3) is 0 Å². The molecular weight excluding hydrogens is 220 g/mol. The Balaban J connectivity index is 2.12. The van der Waals surface area contributed by atoms with E-state index in [1.165, 1.54) is 0 Å². The second-order valence-corrected chi connectivity index (χ2v) is 3.87. The second kappa shape index (κ2) is 5.12. The third-order valence-corrected chi connectivity index (χ3v) is 2.55. The van der Waals surface area contributed by atoms with Crippen LogP contribution in [0.25, 0.3) is 6.08 Å². The van der Waals surface area contributed by atoms with Gasteiger partial charge in [-0.15, -0.1) is 0 Å². The molecule has 1 aromatic rings. The fourth-order valence-corrected chi connectivity index (χ4v) is 1.61. The van der Waals surface area contributed by atoms with Crippen molar-refractivity contribution in [1.82, 2.24) is 0 Å². The van der Waals surface area contributed by atoms with Crippen LogP contribution in [0.2, 0.25) is 0 Å². The van der Waals surface area contributed by atoms with Crippen LogP contribution in [0.3, 0.4) is 0 Å². The molecule has 0 amide bonds. The minimum absolute atomic E-state index is 0.284. The molecule has 0 radical (unpaired) electrons. The van der Waals surface area contributed by atoms with E-state index < -0.39 is 5.97 Å². The summed E-state index contributed by atoms with van der Waals surface area (Å²) in [7, 11) is 0. The molecule has 17 heavy (non-hydrogen) atoms. The molecule has 1 aliphatic heterocycles. The number of rotatable bonds is 3. The van der Waals surface area contributed by atoms with Gasteiger partial charge in [0.05, 0.1) is 13.2 Å². The third kappa shape index (κ3) is 2.93. The first-order valence-electron chi connectivity index (χ1n) is 5.41. The van der Waals surface area contributed by atoms with Crippen molar-refractivity contribution in [2.24, 2.45) is 0 Å². The van der Waals surface area contributed by atoms with E-state index in [9.17, 15) is 4.79 Å². The lowest BCUT2D eigenvalue weighted by atomic mass is 10.1. The van der Waals surface area contributed by atoms with Crippen LogP contribution in [0.5, 0.6) is 0 Å². The highest BCUT2D eigenvalue weighted by atomic mass is 16.7. The summed E-state index contributed by atoms with van der Waals surface area (Å²) in [6, 6.07) is 7.48. The van der Waals surface area contributed by atoms with Gasteiger partial charge < -0.3 is 14.6 Å². The quantitative estimate of drug-likeness (QED) is 0.815. The largest absolute Gasteiger partial charge is 0.478 e. The Hall–Kier alpha value is -1.65. The van der Waals surface area contributed by atoms with Crippen molar-refractivity contribution < 1.29 is 19.4 Å². The van der Waals surface area contributed by atoms with Crippen LogP contribution in [-0.4, -0.2) is 24.3 Å². The number of benzene rings is 1. The van der Waals surface area contributed by atoms with Crippen molar-refractivity contribution in [2.45, 2.75) is 13.2 Å². The zero-order valence-corrected chi connectivity index (χ0v) is 9.55. The number of ether oxygens (including phenoxy) is 2. The Kier molecular flexibility index (Phi) is 3.56.